The zero-order valence-corrected chi connectivity index (χ0v) is 11.0. The van der Waals surface area contributed by atoms with Crippen LogP contribution in [0.3, 0.4) is 0 Å². The summed E-state index contributed by atoms with van der Waals surface area (Å²) < 4.78 is 11.1. The predicted octanol–water partition coefficient (Wildman–Crippen LogP) is 3.92. The van der Waals surface area contributed by atoms with E-state index >= 15 is 0 Å². The second-order valence-electron chi connectivity index (χ2n) is 4.36. The lowest BCUT2D eigenvalue weighted by atomic mass is 10.00. The Morgan fingerprint density at radius 1 is 1.19 bits per heavy atom. The van der Waals surface area contributed by atoms with E-state index in [1.165, 1.54) is 5.56 Å². The Balaban J connectivity index is 3.09. The van der Waals surface area contributed by atoms with Gasteiger partial charge in [0.1, 0.15) is 11.5 Å². The summed E-state index contributed by atoms with van der Waals surface area (Å²) in [4.78, 5) is 0. The molecule has 0 amide bonds. The molecule has 0 aliphatic rings. The average Bonchev–Trinajstić information content (AvgIpc) is 2.25. The summed E-state index contributed by atoms with van der Waals surface area (Å²) in [7, 11) is 1.71. The van der Waals surface area contributed by atoms with Crippen LogP contribution in [-0.2, 0) is 0 Å². The summed E-state index contributed by atoms with van der Waals surface area (Å²) in [6, 6.07) is 4.16. The minimum Gasteiger partial charge on any atom is -0.496 e. The van der Waals surface area contributed by atoms with Crippen molar-refractivity contribution in [1.82, 2.24) is 0 Å². The summed E-state index contributed by atoms with van der Waals surface area (Å²) in [5, 5.41) is 0. The molecule has 2 heteroatoms. The Hall–Kier alpha value is -1.18. The largest absolute Gasteiger partial charge is 0.496 e. The highest BCUT2D eigenvalue weighted by Gasteiger charge is 2.11. The lowest BCUT2D eigenvalue weighted by molar-refractivity contribution is 0.311. The molecule has 16 heavy (non-hydrogen) atoms. The van der Waals surface area contributed by atoms with Crippen LogP contribution in [0.5, 0.6) is 11.5 Å². The van der Waals surface area contributed by atoms with Crippen LogP contribution in [0.1, 0.15) is 44.2 Å². The molecule has 0 aliphatic carbocycles. The molecule has 0 atom stereocenters. The minimum absolute atomic E-state index is 0.446. The summed E-state index contributed by atoms with van der Waals surface area (Å²) in [5.74, 6) is 2.38. The van der Waals surface area contributed by atoms with E-state index in [-0.39, 0.29) is 0 Å². The zero-order chi connectivity index (χ0) is 12.1. The molecule has 0 aliphatic heterocycles. The molecule has 0 saturated heterocycles. The number of aryl methyl sites for hydroxylation is 1. The van der Waals surface area contributed by atoms with Crippen LogP contribution in [0.2, 0.25) is 0 Å². The molecule has 0 N–H and O–H groups in total. The monoisotopic (exact) mass is 222 g/mol. The number of hydrogen-bond acceptors (Lipinski definition) is 2. The Labute approximate surface area is 98.6 Å². The molecular weight excluding hydrogens is 200 g/mol. The molecule has 1 aromatic rings. The van der Waals surface area contributed by atoms with Crippen molar-refractivity contribution in [3.05, 3.63) is 23.3 Å². The first-order valence-corrected chi connectivity index (χ1v) is 5.91. The number of hydrogen-bond donors (Lipinski definition) is 0. The normalized spacial score (nSPS) is 10.6. The highest BCUT2D eigenvalue weighted by Crippen LogP contribution is 2.33. The molecule has 0 spiro atoms. The van der Waals surface area contributed by atoms with Gasteiger partial charge in [-0.1, -0.05) is 20.8 Å². The number of rotatable bonds is 5. The molecular formula is C14H22O2. The first kappa shape index (κ1) is 12.9. The Morgan fingerprint density at radius 3 is 2.38 bits per heavy atom. The third kappa shape index (κ3) is 2.91. The molecule has 0 bridgehead atoms. The second kappa shape index (κ2) is 5.78. The second-order valence-corrected chi connectivity index (χ2v) is 4.36. The molecule has 0 saturated carbocycles. The number of ether oxygens (including phenoxy) is 2. The lowest BCUT2D eigenvalue weighted by Crippen LogP contribution is -2.02. The predicted molar refractivity (Wildman–Crippen MR) is 67.6 cm³/mol. The minimum atomic E-state index is 0.446. The van der Waals surface area contributed by atoms with Gasteiger partial charge in [-0.3, -0.25) is 0 Å². The highest BCUT2D eigenvalue weighted by atomic mass is 16.5. The quantitative estimate of drug-likeness (QED) is 0.752. The van der Waals surface area contributed by atoms with E-state index in [0.29, 0.717) is 5.92 Å². The molecule has 0 unspecified atom stereocenters. The molecule has 0 radical (unpaired) electrons. The molecule has 2 nitrogen and oxygen atoms in total. The number of methoxy groups -OCH3 is 1. The molecule has 90 valence electrons. The third-order valence-electron chi connectivity index (χ3n) is 2.61. The first-order chi connectivity index (χ1) is 7.60. The van der Waals surface area contributed by atoms with E-state index in [1.54, 1.807) is 7.11 Å². The van der Waals surface area contributed by atoms with Crippen molar-refractivity contribution in [1.29, 1.82) is 0 Å². The van der Waals surface area contributed by atoms with Crippen LogP contribution in [0.25, 0.3) is 0 Å². The van der Waals surface area contributed by atoms with Crippen molar-refractivity contribution >= 4 is 0 Å². The van der Waals surface area contributed by atoms with Gasteiger partial charge in [0.25, 0.3) is 0 Å². The van der Waals surface area contributed by atoms with Gasteiger partial charge in [0.2, 0.25) is 0 Å². The molecule has 0 aromatic heterocycles. The smallest absolute Gasteiger partial charge is 0.123 e. The van der Waals surface area contributed by atoms with Gasteiger partial charge in [0, 0.05) is 5.56 Å². The van der Waals surface area contributed by atoms with Crippen LogP contribution < -0.4 is 9.47 Å². The molecule has 1 rings (SSSR count). The van der Waals surface area contributed by atoms with Gasteiger partial charge in [0.15, 0.2) is 0 Å². The van der Waals surface area contributed by atoms with E-state index in [1.807, 2.05) is 6.92 Å². The highest BCUT2D eigenvalue weighted by molar-refractivity contribution is 5.47. The number of benzene rings is 1. The van der Waals surface area contributed by atoms with Gasteiger partial charge in [-0.2, -0.15) is 0 Å². The van der Waals surface area contributed by atoms with E-state index < -0.39 is 0 Å². The van der Waals surface area contributed by atoms with Gasteiger partial charge in [0.05, 0.1) is 13.7 Å². The summed E-state index contributed by atoms with van der Waals surface area (Å²) in [5.41, 5.74) is 2.34. The van der Waals surface area contributed by atoms with Crippen LogP contribution >= 0.6 is 0 Å². The Morgan fingerprint density at radius 2 is 1.88 bits per heavy atom. The maximum absolute atomic E-state index is 5.77. The van der Waals surface area contributed by atoms with Crippen molar-refractivity contribution in [3.8, 4) is 11.5 Å². The van der Waals surface area contributed by atoms with E-state index in [2.05, 4.69) is 32.9 Å². The van der Waals surface area contributed by atoms with Gasteiger partial charge in [-0.25, -0.2) is 0 Å². The lowest BCUT2D eigenvalue weighted by Gasteiger charge is -2.16. The fourth-order valence-electron chi connectivity index (χ4n) is 1.69. The summed E-state index contributed by atoms with van der Waals surface area (Å²) in [6.07, 6.45) is 1.03. The van der Waals surface area contributed by atoms with Crippen LogP contribution in [0, 0.1) is 6.92 Å². The van der Waals surface area contributed by atoms with Crippen LogP contribution in [-0.4, -0.2) is 13.7 Å². The fourth-order valence-corrected chi connectivity index (χ4v) is 1.69. The van der Waals surface area contributed by atoms with Gasteiger partial charge in [-0.05, 0) is 37.0 Å². The SMILES string of the molecule is CCCOc1cc(C)c(OC)cc1C(C)C. The average molecular weight is 222 g/mol. The Kier molecular flexibility index (Phi) is 4.66. The summed E-state index contributed by atoms with van der Waals surface area (Å²) >= 11 is 0. The van der Waals surface area contributed by atoms with Crippen molar-refractivity contribution in [2.75, 3.05) is 13.7 Å². The third-order valence-corrected chi connectivity index (χ3v) is 2.61. The fraction of sp³-hybridized carbons (Fsp3) is 0.571. The maximum atomic E-state index is 5.77. The van der Waals surface area contributed by atoms with E-state index in [0.717, 1.165) is 30.1 Å². The van der Waals surface area contributed by atoms with Gasteiger partial charge >= 0.3 is 0 Å². The van der Waals surface area contributed by atoms with E-state index in [4.69, 9.17) is 9.47 Å². The van der Waals surface area contributed by atoms with Crippen molar-refractivity contribution in [3.63, 3.8) is 0 Å². The first-order valence-electron chi connectivity index (χ1n) is 5.91. The van der Waals surface area contributed by atoms with Gasteiger partial charge < -0.3 is 9.47 Å². The molecule has 0 fully saturated rings. The molecule has 0 heterocycles. The van der Waals surface area contributed by atoms with Crippen molar-refractivity contribution in [2.24, 2.45) is 0 Å². The zero-order valence-electron chi connectivity index (χ0n) is 11.0. The maximum Gasteiger partial charge on any atom is 0.123 e. The van der Waals surface area contributed by atoms with Crippen LogP contribution in [0.15, 0.2) is 12.1 Å². The van der Waals surface area contributed by atoms with E-state index in [9.17, 15) is 0 Å². The summed E-state index contributed by atoms with van der Waals surface area (Å²) in [6.45, 7) is 9.27. The van der Waals surface area contributed by atoms with Crippen molar-refractivity contribution in [2.45, 2.75) is 40.0 Å². The topological polar surface area (TPSA) is 18.5 Å². The van der Waals surface area contributed by atoms with Crippen molar-refractivity contribution < 1.29 is 9.47 Å². The Bertz CT molecular complexity index is 343. The standard InChI is InChI=1S/C14H22O2/c1-6-7-16-14-8-11(4)13(15-5)9-12(14)10(2)3/h8-10H,6-7H2,1-5H3. The van der Waals surface area contributed by atoms with Gasteiger partial charge in [-0.15, -0.1) is 0 Å². The molecule has 1 aromatic carbocycles. The van der Waals surface area contributed by atoms with Crippen LogP contribution in [0.4, 0.5) is 0 Å².